The number of carboxylic acids is 1. The highest BCUT2D eigenvalue weighted by atomic mass is 16.4. The van der Waals surface area contributed by atoms with Crippen LogP contribution in [-0.4, -0.2) is 20.9 Å². The molecule has 1 fully saturated rings. The number of carbonyl (C=O) groups is 1. The lowest BCUT2D eigenvalue weighted by molar-refractivity contribution is -0.138. The molecule has 1 aliphatic rings. The predicted molar refractivity (Wildman–Crippen MR) is 46.4 cm³/mol. The zero-order chi connectivity index (χ0) is 9.59. The summed E-state index contributed by atoms with van der Waals surface area (Å²) in [4.78, 5) is 10.7. The first-order valence-corrected chi connectivity index (χ1v) is 4.32. The quantitative estimate of drug-likeness (QED) is 0.736. The fourth-order valence-electron chi connectivity index (χ4n) is 1.86. The van der Waals surface area contributed by atoms with E-state index < -0.39 is 5.97 Å². The molecule has 2 unspecified atom stereocenters. The fourth-order valence-corrected chi connectivity index (χ4v) is 1.86. The third kappa shape index (κ3) is 1.22. The van der Waals surface area contributed by atoms with Gasteiger partial charge >= 0.3 is 5.97 Å². The van der Waals surface area contributed by atoms with Crippen LogP contribution in [0.15, 0.2) is 6.20 Å². The molecule has 1 aromatic heterocycles. The first kappa shape index (κ1) is 8.29. The Balaban J connectivity index is 2.24. The van der Waals surface area contributed by atoms with Crippen molar-refractivity contribution < 1.29 is 9.90 Å². The summed E-state index contributed by atoms with van der Waals surface area (Å²) < 4.78 is 1.78. The monoisotopic (exact) mass is 180 g/mol. The van der Waals surface area contributed by atoms with Crippen molar-refractivity contribution in [3.63, 3.8) is 0 Å². The lowest BCUT2D eigenvalue weighted by Crippen LogP contribution is -2.03. The summed E-state index contributed by atoms with van der Waals surface area (Å²) in [5.74, 6) is -0.690. The van der Waals surface area contributed by atoms with Crippen LogP contribution >= 0.6 is 0 Å². The summed E-state index contributed by atoms with van der Waals surface area (Å²) in [5.41, 5.74) is 2.17. The topological polar surface area (TPSA) is 55.1 Å². The van der Waals surface area contributed by atoms with Crippen LogP contribution < -0.4 is 0 Å². The molecule has 1 heterocycles. The molecule has 1 N–H and O–H groups in total. The van der Waals surface area contributed by atoms with Gasteiger partial charge in [-0.2, -0.15) is 5.10 Å². The molecule has 0 saturated heterocycles. The molecule has 0 amide bonds. The Morgan fingerprint density at radius 1 is 1.77 bits per heavy atom. The van der Waals surface area contributed by atoms with Crippen molar-refractivity contribution in [1.29, 1.82) is 0 Å². The van der Waals surface area contributed by atoms with Crippen LogP contribution in [0.25, 0.3) is 0 Å². The molecule has 4 nitrogen and oxygen atoms in total. The van der Waals surface area contributed by atoms with Gasteiger partial charge in [-0.05, 0) is 18.9 Å². The second-order valence-electron chi connectivity index (χ2n) is 3.62. The Morgan fingerprint density at radius 3 is 2.85 bits per heavy atom. The summed E-state index contributed by atoms with van der Waals surface area (Å²) in [7, 11) is 1.86. The molecule has 2 atom stereocenters. The molecule has 4 heteroatoms. The van der Waals surface area contributed by atoms with E-state index in [4.69, 9.17) is 5.11 Å². The number of rotatable bonds is 2. The lowest BCUT2D eigenvalue weighted by Gasteiger charge is -2.00. The van der Waals surface area contributed by atoms with Crippen LogP contribution in [0, 0.1) is 12.8 Å². The van der Waals surface area contributed by atoms with Crippen molar-refractivity contribution in [2.24, 2.45) is 13.0 Å². The Morgan fingerprint density at radius 2 is 2.46 bits per heavy atom. The molecule has 0 aromatic carbocycles. The van der Waals surface area contributed by atoms with Crippen LogP contribution in [0.5, 0.6) is 0 Å². The average molecular weight is 180 g/mol. The summed E-state index contributed by atoms with van der Waals surface area (Å²) in [6.45, 7) is 1.97. The Kier molecular flexibility index (Phi) is 1.65. The minimum absolute atomic E-state index is 0.185. The van der Waals surface area contributed by atoms with Crippen molar-refractivity contribution in [1.82, 2.24) is 9.78 Å². The summed E-state index contributed by atoms with van der Waals surface area (Å²) in [6.07, 6.45) is 2.54. The van der Waals surface area contributed by atoms with Crippen molar-refractivity contribution in [2.45, 2.75) is 19.3 Å². The van der Waals surface area contributed by atoms with E-state index in [1.807, 2.05) is 14.0 Å². The Labute approximate surface area is 76.2 Å². The molecule has 70 valence electrons. The summed E-state index contributed by atoms with van der Waals surface area (Å²) >= 11 is 0. The molecule has 1 aliphatic carbocycles. The number of carboxylic acid groups (broad SMARTS) is 1. The fraction of sp³-hybridized carbons (Fsp3) is 0.556. The van der Waals surface area contributed by atoms with Crippen LogP contribution in [0.4, 0.5) is 0 Å². The van der Waals surface area contributed by atoms with Gasteiger partial charge in [0, 0.05) is 18.7 Å². The molecule has 1 aromatic rings. The Bertz CT molecular complexity index is 337. The second kappa shape index (κ2) is 2.58. The maximum atomic E-state index is 10.7. The van der Waals surface area contributed by atoms with Crippen LogP contribution in [0.3, 0.4) is 0 Å². The normalized spacial score (nSPS) is 26.0. The van der Waals surface area contributed by atoms with Crippen molar-refractivity contribution in [3.05, 3.63) is 17.5 Å². The second-order valence-corrected chi connectivity index (χ2v) is 3.62. The van der Waals surface area contributed by atoms with E-state index in [-0.39, 0.29) is 11.8 Å². The number of hydrogen-bond donors (Lipinski definition) is 1. The Hall–Kier alpha value is -1.32. The molecule has 1 saturated carbocycles. The number of aromatic nitrogens is 2. The van der Waals surface area contributed by atoms with E-state index >= 15 is 0 Å². The van der Waals surface area contributed by atoms with E-state index in [0.717, 1.165) is 17.7 Å². The van der Waals surface area contributed by atoms with Gasteiger partial charge in [-0.1, -0.05) is 0 Å². The minimum atomic E-state index is -0.689. The van der Waals surface area contributed by atoms with Gasteiger partial charge in [-0.3, -0.25) is 9.48 Å². The zero-order valence-electron chi connectivity index (χ0n) is 7.69. The molecule has 0 radical (unpaired) electrons. The van der Waals surface area contributed by atoms with Gasteiger partial charge in [0.2, 0.25) is 0 Å². The van der Waals surface area contributed by atoms with Crippen molar-refractivity contribution in [3.8, 4) is 0 Å². The van der Waals surface area contributed by atoms with Gasteiger partial charge in [0.1, 0.15) is 0 Å². The molecular weight excluding hydrogens is 168 g/mol. The standard InChI is InChI=1S/C9H12N2O2/c1-5-4-10-11(2)8(5)6-3-7(6)9(12)13/h4,6-7H,3H2,1-2H3,(H,12,13). The van der Waals surface area contributed by atoms with Crippen molar-refractivity contribution >= 4 is 5.97 Å². The van der Waals surface area contributed by atoms with Crippen LogP contribution in [-0.2, 0) is 11.8 Å². The molecule has 2 rings (SSSR count). The molecule has 0 aliphatic heterocycles. The highest BCUT2D eigenvalue weighted by Crippen LogP contribution is 2.48. The van der Waals surface area contributed by atoms with Gasteiger partial charge in [-0.15, -0.1) is 0 Å². The van der Waals surface area contributed by atoms with Gasteiger partial charge in [0.25, 0.3) is 0 Å². The number of aryl methyl sites for hydroxylation is 2. The third-order valence-corrected chi connectivity index (χ3v) is 2.64. The van der Waals surface area contributed by atoms with Gasteiger partial charge in [0.15, 0.2) is 0 Å². The average Bonchev–Trinajstić information content (AvgIpc) is 2.76. The first-order chi connectivity index (χ1) is 6.11. The van der Waals surface area contributed by atoms with Crippen molar-refractivity contribution in [2.75, 3.05) is 0 Å². The predicted octanol–water partition coefficient (Wildman–Crippen LogP) is 0.917. The van der Waals surface area contributed by atoms with Crippen LogP contribution in [0.2, 0.25) is 0 Å². The minimum Gasteiger partial charge on any atom is -0.481 e. The van der Waals surface area contributed by atoms with Gasteiger partial charge in [-0.25, -0.2) is 0 Å². The summed E-state index contributed by atoms with van der Waals surface area (Å²) in [5, 5.41) is 12.9. The third-order valence-electron chi connectivity index (χ3n) is 2.64. The van der Waals surface area contributed by atoms with Crippen LogP contribution in [0.1, 0.15) is 23.6 Å². The number of nitrogens with zero attached hydrogens (tertiary/aromatic N) is 2. The smallest absolute Gasteiger partial charge is 0.307 e. The molecule has 0 bridgehead atoms. The first-order valence-electron chi connectivity index (χ1n) is 4.32. The van der Waals surface area contributed by atoms with Gasteiger partial charge in [0.05, 0.1) is 12.1 Å². The highest BCUT2D eigenvalue weighted by Gasteiger charge is 2.46. The maximum Gasteiger partial charge on any atom is 0.307 e. The van der Waals surface area contributed by atoms with E-state index in [1.54, 1.807) is 10.9 Å². The van der Waals surface area contributed by atoms with E-state index in [1.165, 1.54) is 0 Å². The molecule has 0 spiro atoms. The largest absolute Gasteiger partial charge is 0.481 e. The molecular formula is C9H12N2O2. The lowest BCUT2D eigenvalue weighted by atomic mass is 10.1. The van der Waals surface area contributed by atoms with E-state index in [0.29, 0.717) is 0 Å². The summed E-state index contributed by atoms with van der Waals surface area (Å²) in [6, 6.07) is 0. The van der Waals surface area contributed by atoms with E-state index in [2.05, 4.69) is 5.10 Å². The molecule has 13 heavy (non-hydrogen) atoms. The SMILES string of the molecule is Cc1cnn(C)c1C1CC1C(=O)O. The zero-order valence-corrected chi connectivity index (χ0v) is 7.69. The number of aliphatic carboxylic acids is 1. The van der Waals surface area contributed by atoms with E-state index in [9.17, 15) is 4.79 Å². The van der Waals surface area contributed by atoms with Gasteiger partial charge < -0.3 is 5.11 Å². The highest BCUT2D eigenvalue weighted by molar-refractivity contribution is 5.75. The number of hydrogen-bond acceptors (Lipinski definition) is 2. The maximum absolute atomic E-state index is 10.7.